The van der Waals surface area contributed by atoms with Crippen molar-refractivity contribution in [2.75, 3.05) is 32.5 Å². The number of hydrogen-bond acceptors (Lipinski definition) is 4. The Morgan fingerprint density at radius 2 is 2.17 bits per heavy atom. The standard InChI is InChI=1S/C13H18ClN3S/c1-17(2)8-4-3-7-15-13-16-11-9-10(14)5-6-12(11)18-13/h5-6,9H,3-4,7-8H2,1-2H3,(H,15,16). The maximum Gasteiger partial charge on any atom is 0.183 e. The highest BCUT2D eigenvalue weighted by Gasteiger charge is 2.03. The number of fused-ring (bicyclic) bond motifs is 1. The van der Waals surface area contributed by atoms with Crippen molar-refractivity contribution < 1.29 is 0 Å². The Kier molecular flexibility index (Phi) is 4.80. The van der Waals surface area contributed by atoms with Crippen molar-refractivity contribution in [1.82, 2.24) is 9.88 Å². The zero-order valence-corrected chi connectivity index (χ0v) is 12.3. The van der Waals surface area contributed by atoms with Crippen molar-refractivity contribution in [1.29, 1.82) is 0 Å². The summed E-state index contributed by atoms with van der Waals surface area (Å²) in [5.41, 5.74) is 0.975. The normalized spacial score (nSPS) is 11.3. The van der Waals surface area contributed by atoms with Gasteiger partial charge in [-0.1, -0.05) is 22.9 Å². The lowest BCUT2D eigenvalue weighted by molar-refractivity contribution is 0.396. The van der Waals surface area contributed by atoms with Crippen LogP contribution in [0.2, 0.25) is 5.02 Å². The van der Waals surface area contributed by atoms with Crippen molar-refractivity contribution in [2.45, 2.75) is 12.8 Å². The molecule has 1 aromatic carbocycles. The molecule has 98 valence electrons. The van der Waals surface area contributed by atoms with Gasteiger partial charge in [0.15, 0.2) is 5.13 Å². The van der Waals surface area contributed by atoms with E-state index in [-0.39, 0.29) is 0 Å². The molecule has 1 heterocycles. The minimum absolute atomic E-state index is 0.741. The van der Waals surface area contributed by atoms with Gasteiger partial charge >= 0.3 is 0 Å². The fourth-order valence-corrected chi connectivity index (χ4v) is 2.76. The van der Waals surface area contributed by atoms with E-state index in [2.05, 4.69) is 29.3 Å². The molecule has 0 amide bonds. The van der Waals surface area contributed by atoms with Gasteiger partial charge in [-0.25, -0.2) is 4.98 Å². The summed E-state index contributed by atoms with van der Waals surface area (Å²) < 4.78 is 1.18. The molecule has 2 rings (SSSR count). The molecule has 0 atom stereocenters. The van der Waals surface area contributed by atoms with Crippen LogP contribution in [0.1, 0.15) is 12.8 Å². The van der Waals surface area contributed by atoms with E-state index >= 15 is 0 Å². The monoisotopic (exact) mass is 283 g/mol. The van der Waals surface area contributed by atoms with Gasteiger partial charge in [-0.05, 0) is 51.7 Å². The van der Waals surface area contributed by atoms with Gasteiger partial charge in [0, 0.05) is 11.6 Å². The Morgan fingerprint density at radius 1 is 1.33 bits per heavy atom. The molecule has 1 N–H and O–H groups in total. The van der Waals surface area contributed by atoms with Crippen LogP contribution in [0.15, 0.2) is 18.2 Å². The number of unbranched alkanes of at least 4 members (excludes halogenated alkanes) is 1. The molecule has 0 radical (unpaired) electrons. The van der Waals surface area contributed by atoms with E-state index in [0.29, 0.717) is 0 Å². The third kappa shape index (κ3) is 3.83. The summed E-state index contributed by atoms with van der Waals surface area (Å²) in [5, 5.41) is 5.10. The van der Waals surface area contributed by atoms with E-state index < -0.39 is 0 Å². The van der Waals surface area contributed by atoms with Gasteiger partial charge in [0.1, 0.15) is 0 Å². The number of thiazole rings is 1. The first-order valence-corrected chi connectivity index (χ1v) is 7.29. The molecular formula is C13H18ClN3S. The molecule has 0 bridgehead atoms. The zero-order valence-electron chi connectivity index (χ0n) is 10.7. The van der Waals surface area contributed by atoms with Crippen LogP contribution >= 0.6 is 22.9 Å². The highest BCUT2D eigenvalue weighted by molar-refractivity contribution is 7.22. The number of rotatable bonds is 6. The molecule has 5 heteroatoms. The van der Waals surface area contributed by atoms with E-state index in [0.717, 1.165) is 35.2 Å². The predicted molar refractivity (Wildman–Crippen MR) is 80.9 cm³/mol. The average molecular weight is 284 g/mol. The van der Waals surface area contributed by atoms with Crippen molar-refractivity contribution >= 4 is 38.3 Å². The van der Waals surface area contributed by atoms with E-state index in [1.165, 1.54) is 11.1 Å². The number of anilines is 1. The molecule has 2 aromatic rings. The largest absolute Gasteiger partial charge is 0.361 e. The first-order valence-electron chi connectivity index (χ1n) is 6.10. The van der Waals surface area contributed by atoms with Gasteiger partial charge in [0.05, 0.1) is 10.2 Å². The summed E-state index contributed by atoms with van der Waals surface area (Å²) in [6.45, 7) is 2.11. The number of benzene rings is 1. The van der Waals surface area contributed by atoms with Crippen LogP contribution in [-0.2, 0) is 0 Å². The summed E-state index contributed by atoms with van der Waals surface area (Å²) in [5.74, 6) is 0. The highest BCUT2D eigenvalue weighted by atomic mass is 35.5. The third-order valence-electron chi connectivity index (χ3n) is 2.66. The summed E-state index contributed by atoms with van der Waals surface area (Å²) >= 11 is 7.62. The zero-order chi connectivity index (χ0) is 13.0. The molecule has 0 spiro atoms. The first kappa shape index (κ1) is 13.6. The maximum atomic E-state index is 5.94. The lowest BCUT2D eigenvalue weighted by Crippen LogP contribution is -2.14. The van der Waals surface area contributed by atoms with Gasteiger partial charge < -0.3 is 10.2 Å². The van der Waals surface area contributed by atoms with Crippen LogP contribution in [0, 0.1) is 0 Å². The van der Waals surface area contributed by atoms with Crippen LogP contribution in [-0.4, -0.2) is 37.1 Å². The summed E-state index contributed by atoms with van der Waals surface area (Å²) in [7, 11) is 4.20. The van der Waals surface area contributed by atoms with Crippen LogP contribution < -0.4 is 5.32 Å². The van der Waals surface area contributed by atoms with Gasteiger partial charge in [0.2, 0.25) is 0 Å². The van der Waals surface area contributed by atoms with E-state index in [1.54, 1.807) is 11.3 Å². The molecule has 1 aromatic heterocycles. The lowest BCUT2D eigenvalue weighted by Gasteiger charge is -2.08. The van der Waals surface area contributed by atoms with E-state index in [9.17, 15) is 0 Å². The number of hydrogen-bond donors (Lipinski definition) is 1. The van der Waals surface area contributed by atoms with E-state index in [4.69, 9.17) is 11.6 Å². The second-order valence-electron chi connectivity index (χ2n) is 4.57. The molecule has 0 aliphatic carbocycles. The minimum Gasteiger partial charge on any atom is -0.361 e. The number of nitrogens with one attached hydrogen (secondary N) is 1. The second-order valence-corrected chi connectivity index (χ2v) is 6.04. The SMILES string of the molecule is CN(C)CCCCNc1nc2cc(Cl)ccc2s1. The Bertz CT molecular complexity index is 510. The topological polar surface area (TPSA) is 28.2 Å². The van der Waals surface area contributed by atoms with Gasteiger partial charge in [-0.15, -0.1) is 0 Å². The molecular weight excluding hydrogens is 266 g/mol. The molecule has 0 fully saturated rings. The summed E-state index contributed by atoms with van der Waals surface area (Å²) in [6, 6.07) is 5.83. The molecule has 0 saturated heterocycles. The van der Waals surface area contributed by atoms with Crippen molar-refractivity contribution in [3.05, 3.63) is 23.2 Å². The smallest absolute Gasteiger partial charge is 0.183 e. The predicted octanol–water partition coefficient (Wildman–Crippen LogP) is 3.70. The highest BCUT2D eigenvalue weighted by Crippen LogP contribution is 2.27. The van der Waals surface area contributed by atoms with Gasteiger partial charge in [0.25, 0.3) is 0 Å². The Labute approximate surface area is 117 Å². The average Bonchev–Trinajstić information content (AvgIpc) is 2.70. The Hall–Kier alpha value is -0.840. The Morgan fingerprint density at radius 3 is 2.94 bits per heavy atom. The van der Waals surface area contributed by atoms with Crippen LogP contribution in [0.5, 0.6) is 0 Å². The fraction of sp³-hybridized carbons (Fsp3) is 0.462. The molecule has 18 heavy (non-hydrogen) atoms. The molecule has 0 aliphatic rings. The number of nitrogens with zero attached hydrogens (tertiary/aromatic N) is 2. The number of halogens is 1. The fourth-order valence-electron chi connectivity index (χ4n) is 1.72. The summed E-state index contributed by atoms with van der Waals surface area (Å²) in [6.07, 6.45) is 2.37. The summed E-state index contributed by atoms with van der Waals surface area (Å²) in [4.78, 5) is 6.73. The number of aromatic nitrogens is 1. The minimum atomic E-state index is 0.741. The van der Waals surface area contributed by atoms with Crippen LogP contribution in [0.25, 0.3) is 10.2 Å². The third-order valence-corrected chi connectivity index (χ3v) is 3.89. The molecule has 3 nitrogen and oxygen atoms in total. The Balaban J connectivity index is 1.84. The van der Waals surface area contributed by atoms with Crippen molar-refractivity contribution in [2.24, 2.45) is 0 Å². The molecule has 0 aliphatic heterocycles. The van der Waals surface area contributed by atoms with E-state index in [1.807, 2.05) is 18.2 Å². The van der Waals surface area contributed by atoms with Crippen LogP contribution in [0.4, 0.5) is 5.13 Å². The van der Waals surface area contributed by atoms with Crippen molar-refractivity contribution in [3.8, 4) is 0 Å². The molecule has 0 unspecified atom stereocenters. The van der Waals surface area contributed by atoms with Crippen molar-refractivity contribution in [3.63, 3.8) is 0 Å². The lowest BCUT2D eigenvalue weighted by atomic mass is 10.3. The van der Waals surface area contributed by atoms with Gasteiger partial charge in [-0.2, -0.15) is 0 Å². The second kappa shape index (κ2) is 6.36. The first-order chi connectivity index (χ1) is 8.65. The molecule has 0 saturated carbocycles. The van der Waals surface area contributed by atoms with Crippen LogP contribution in [0.3, 0.4) is 0 Å². The van der Waals surface area contributed by atoms with Gasteiger partial charge in [-0.3, -0.25) is 0 Å². The maximum absolute atomic E-state index is 5.94. The quantitative estimate of drug-likeness (QED) is 0.819.